The zero-order valence-electron chi connectivity index (χ0n) is 14.2. The first kappa shape index (κ1) is 20.5. The fourth-order valence-corrected chi connectivity index (χ4v) is 3.36. The molecule has 0 aliphatic carbocycles. The zero-order valence-corrected chi connectivity index (χ0v) is 15.0. The molecule has 1 N–H and O–H groups in total. The van der Waals surface area contributed by atoms with Crippen LogP contribution in [0.25, 0.3) is 11.5 Å². The van der Waals surface area contributed by atoms with Gasteiger partial charge in [-0.2, -0.15) is 13.2 Å². The lowest BCUT2D eigenvalue weighted by Crippen LogP contribution is -2.33. The van der Waals surface area contributed by atoms with Crippen molar-refractivity contribution < 1.29 is 35.2 Å². The number of nitrogens with zero attached hydrogens (tertiary/aromatic N) is 2. The molecular weight excluding hydrogens is 418 g/mol. The Bertz CT molecular complexity index is 1110. The van der Waals surface area contributed by atoms with Crippen molar-refractivity contribution in [3.05, 3.63) is 66.1 Å². The second kappa shape index (κ2) is 7.62. The van der Waals surface area contributed by atoms with Gasteiger partial charge in [0, 0.05) is 5.56 Å². The number of hydrogen-bond donors (Lipinski definition) is 1. The molecule has 29 heavy (non-hydrogen) atoms. The highest BCUT2D eigenvalue weighted by molar-refractivity contribution is 7.90. The first-order valence-electron chi connectivity index (χ1n) is 7.82. The highest BCUT2D eigenvalue weighted by Crippen LogP contribution is 2.30. The predicted octanol–water partition coefficient (Wildman–Crippen LogP) is 3.27. The van der Waals surface area contributed by atoms with Crippen molar-refractivity contribution in [2.45, 2.75) is 17.2 Å². The SMILES string of the molecule is O=C(NS(=O)(=O)c1cccc(-c2nnco2)c1)C(F)c1ccc(C(F)(F)F)cc1. The standard InChI is InChI=1S/C17H11F4N3O4S/c18-14(10-4-6-12(7-5-10)17(19,20)21)15(25)24-29(26,27)13-3-1-2-11(8-13)16-23-22-9-28-16/h1-9,14H,(H,24,25). The van der Waals surface area contributed by atoms with Gasteiger partial charge in [-0.25, -0.2) is 17.5 Å². The summed E-state index contributed by atoms with van der Waals surface area (Å²) in [5.74, 6) is -1.52. The van der Waals surface area contributed by atoms with Crippen LogP contribution in [-0.2, 0) is 21.0 Å². The number of aromatic nitrogens is 2. The fraction of sp³-hybridized carbons (Fsp3) is 0.118. The van der Waals surface area contributed by atoms with Crippen molar-refractivity contribution >= 4 is 15.9 Å². The van der Waals surface area contributed by atoms with Gasteiger partial charge in [-0.3, -0.25) is 4.79 Å². The van der Waals surface area contributed by atoms with Crippen molar-refractivity contribution in [1.82, 2.24) is 14.9 Å². The number of halogens is 4. The van der Waals surface area contributed by atoms with Crippen molar-refractivity contribution in [3.8, 4) is 11.5 Å². The first-order valence-corrected chi connectivity index (χ1v) is 9.31. The zero-order chi connectivity index (χ0) is 21.2. The maximum atomic E-state index is 14.3. The molecular formula is C17H11F4N3O4S. The molecule has 0 saturated carbocycles. The first-order chi connectivity index (χ1) is 13.6. The third-order valence-corrected chi connectivity index (χ3v) is 5.09. The minimum absolute atomic E-state index is 0.0292. The topological polar surface area (TPSA) is 102 Å². The maximum absolute atomic E-state index is 14.3. The van der Waals surface area contributed by atoms with E-state index in [2.05, 4.69) is 10.2 Å². The van der Waals surface area contributed by atoms with Crippen LogP contribution >= 0.6 is 0 Å². The second-order valence-electron chi connectivity index (χ2n) is 5.72. The van der Waals surface area contributed by atoms with Gasteiger partial charge in [0.05, 0.1) is 10.5 Å². The van der Waals surface area contributed by atoms with Gasteiger partial charge in [-0.05, 0) is 35.9 Å². The number of sulfonamides is 1. The van der Waals surface area contributed by atoms with Gasteiger partial charge in [0.2, 0.25) is 18.5 Å². The van der Waals surface area contributed by atoms with Gasteiger partial charge in [-0.1, -0.05) is 18.2 Å². The Kier molecular flexibility index (Phi) is 5.38. The van der Waals surface area contributed by atoms with E-state index in [4.69, 9.17) is 4.42 Å². The summed E-state index contributed by atoms with van der Waals surface area (Å²) in [6.07, 6.45) is -6.08. The van der Waals surface area contributed by atoms with Crippen molar-refractivity contribution in [3.63, 3.8) is 0 Å². The van der Waals surface area contributed by atoms with Gasteiger partial charge in [0.15, 0.2) is 0 Å². The smallest absolute Gasteiger partial charge is 0.416 e. The number of carbonyl (C=O) groups is 1. The molecule has 1 heterocycles. The van der Waals surface area contributed by atoms with Crippen molar-refractivity contribution in [2.24, 2.45) is 0 Å². The maximum Gasteiger partial charge on any atom is 0.416 e. The summed E-state index contributed by atoms with van der Waals surface area (Å²) in [4.78, 5) is 11.6. The Morgan fingerprint density at radius 3 is 2.38 bits per heavy atom. The van der Waals surface area contributed by atoms with Gasteiger partial charge in [-0.15, -0.1) is 10.2 Å². The molecule has 1 amide bonds. The summed E-state index contributed by atoms with van der Waals surface area (Å²) in [5.41, 5.74) is -1.21. The molecule has 1 aromatic heterocycles. The molecule has 0 radical (unpaired) electrons. The Labute approximate surface area is 161 Å². The lowest BCUT2D eigenvalue weighted by atomic mass is 10.1. The molecule has 2 aromatic carbocycles. The predicted molar refractivity (Wildman–Crippen MR) is 90.4 cm³/mol. The molecule has 0 aliphatic heterocycles. The molecule has 0 bridgehead atoms. The van der Waals surface area contributed by atoms with Gasteiger partial charge in [0.1, 0.15) is 0 Å². The van der Waals surface area contributed by atoms with Crippen molar-refractivity contribution in [1.29, 1.82) is 0 Å². The monoisotopic (exact) mass is 429 g/mol. The van der Waals surface area contributed by atoms with E-state index >= 15 is 0 Å². The van der Waals surface area contributed by atoms with E-state index in [0.29, 0.717) is 12.1 Å². The Hall–Kier alpha value is -3.28. The van der Waals surface area contributed by atoms with Crippen LogP contribution in [0.5, 0.6) is 0 Å². The summed E-state index contributed by atoms with van der Waals surface area (Å²) < 4.78 is 83.2. The number of rotatable bonds is 5. The van der Waals surface area contributed by atoms with Crippen LogP contribution in [0, 0.1) is 0 Å². The molecule has 1 unspecified atom stereocenters. The molecule has 0 spiro atoms. The van der Waals surface area contributed by atoms with E-state index in [9.17, 15) is 30.8 Å². The minimum atomic E-state index is -4.63. The highest BCUT2D eigenvalue weighted by atomic mass is 32.2. The van der Waals surface area contributed by atoms with Gasteiger partial charge < -0.3 is 4.42 Å². The van der Waals surface area contributed by atoms with Crippen molar-refractivity contribution in [2.75, 3.05) is 0 Å². The fourth-order valence-electron chi connectivity index (χ4n) is 2.33. The van der Waals surface area contributed by atoms with E-state index in [1.54, 1.807) is 4.72 Å². The van der Waals surface area contributed by atoms with E-state index < -0.39 is 39.4 Å². The third-order valence-electron chi connectivity index (χ3n) is 3.75. The van der Waals surface area contributed by atoms with E-state index in [0.717, 1.165) is 30.7 Å². The normalized spacial score (nSPS) is 13.1. The molecule has 3 aromatic rings. The number of carbonyl (C=O) groups excluding carboxylic acids is 1. The lowest BCUT2D eigenvalue weighted by molar-refractivity contribution is -0.137. The quantitative estimate of drug-likeness (QED) is 0.625. The van der Waals surface area contributed by atoms with Crippen LogP contribution in [0.4, 0.5) is 17.6 Å². The minimum Gasteiger partial charge on any atom is -0.423 e. The van der Waals surface area contributed by atoms with E-state index in [-0.39, 0.29) is 16.3 Å². The number of alkyl halides is 4. The molecule has 0 fully saturated rings. The number of nitrogens with one attached hydrogen (secondary N) is 1. The van der Waals surface area contributed by atoms with Crippen LogP contribution in [0.15, 0.2) is 64.2 Å². The highest BCUT2D eigenvalue weighted by Gasteiger charge is 2.31. The average molecular weight is 429 g/mol. The molecule has 1 atom stereocenters. The summed E-state index contributed by atoms with van der Waals surface area (Å²) in [5, 5.41) is 7.08. The molecule has 12 heteroatoms. The Balaban J connectivity index is 1.78. The van der Waals surface area contributed by atoms with Crippen LogP contribution < -0.4 is 4.72 Å². The van der Waals surface area contributed by atoms with E-state index in [1.165, 1.54) is 12.1 Å². The summed E-state index contributed by atoms with van der Waals surface area (Å²) in [6.45, 7) is 0. The van der Waals surface area contributed by atoms with Gasteiger partial charge in [0.25, 0.3) is 15.9 Å². The summed E-state index contributed by atoms with van der Waals surface area (Å²) in [7, 11) is -4.47. The van der Waals surface area contributed by atoms with Crippen LogP contribution in [0.3, 0.4) is 0 Å². The largest absolute Gasteiger partial charge is 0.423 e. The summed E-state index contributed by atoms with van der Waals surface area (Å²) in [6, 6.07) is 7.83. The third kappa shape index (κ3) is 4.59. The molecule has 0 saturated heterocycles. The van der Waals surface area contributed by atoms with Crippen LogP contribution in [-0.4, -0.2) is 24.5 Å². The van der Waals surface area contributed by atoms with Crippen LogP contribution in [0.1, 0.15) is 17.3 Å². The second-order valence-corrected chi connectivity index (χ2v) is 7.41. The molecule has 3 rings (SSSR count). The average Bonchev–Trinajstić information content (AvgIpc) is 3.21. The molecule has 152 valence electrons. The summed E-state index contributed by atoms with van der Waals surface area (Å²) >= 11 is 0. The van der Waals surface area contributed by atoms with Gasteiger partial charge >= 0.3 is 6.18 Å². The Morgan fingerprint density at radius 2 is 1.79 bits per heavy atom. The molecule has 0 aliphatic rings. The number of benzene rings is 2. The number of hydrogen-bond acceptors (Lipinski definition) is 6. The lowest BCUT2D eigenvalue weighted by Gasteiger charge is -2.12. The molecule has 7 nitrogen and oxygen atoms in total. The van der Waals surface area contributed by atoms with E-state index in [1.807, 2.05) is 0 Å². The Morgan fingerprint density at radius 1 is 1.10 bits per heavy atom. The number of amides is 1. The van der Waals surface area contributed by atoms with Crippen LogP contribution in [0.2, 0.25) is 0 Å².